The molecule has 78 valence electrons. The van der Waals surface area contributed by atoms with Crippen molar-refractivity contribution in [2.75, 3.05) is 5.73 Å². The monoisotopic (exact) mass is 317 g/mol. The SMILES string of the molecule is Nc1ncc(C(N)C(F)(F)F)cc1I. The van der Waals surface area contributed by atoms with E-state index in [2.05, 4.69) is 4.98 Å². The van der Waals surface area contributed by atoms with Crippen LogP contribution >= 0.6 is 22.6 Å². The molecule has 0 bridgehead atoms. The third-order valence-corrected chi connectivity index (χ3v) is 2.47. The number of nitrogen functional groups attached to an aromatic ring is 1. The second-order valence-corrected chi connectivity index (χ2v) is 3.82. The Morgan fingerprint density at radius 3 is 2.43 bits per heavy atom. The van der Waals surface area contributed by atoms with Crippen molar-refractivity contribution in [1.82, 2.24) is 4.98 Å². The van der Waals surface area contributed by atoms with E-state index in [1.807, 2.05) is 0 Å². The number of anilines is 1. The van der Waals surface area contributed by atoms with Crippen LogP contribution in [0.3, 0.4) is 0 Å². The van der Waals surface area contributed by atoms with Gasteiger partial charge in [-0.1, -0.05) is 0 Å². The van der Waals surface area contributed by atoms with Crippen molar-refractivity contribution in [3.05, 3.63) is 21.4 Å². The Morgan fingerprint density at radius 2 is 2.00 bits per heavy atom. The fourth-order valence-corrected chi connectivity index (χ4v) is 1.32. The van der Waals surface area contributed by atoms with Gasteiger partial charge in [0.05, 0.1) is 3.57 Å². The molecule has 0 aliphatic carbocycles. The van der Waals surface area contributed by atoms with Crippen LogP contribution in [0, 0.1) is 3.57 Å². The van der Waals surface area contributed by atoms with Gasteiger partial charge in [-0.25, -0.2) is 4.98 Å². The summed E-state index contributed by atoms with van der Waals surface area (Å²) < 4.78 is 37.0. The maximum atomic E-state index is 12.2. The second kappa shape index (κ2) is 3.89. The van der Waals surface area contributed by atoms with Crippen LogP contribution in [0.5, 0.6) is 0 Å². The highest BCUT2D eigenvalue weighted by molar-refractivity contribution is 14.1. The predicted octanol–water partition coefficient (Wildman–Crippen LogP) is 1.83. The number of alkyl halides is 3. The van der Waals surface area contributed by atoms with E-state index in [0.717, 1.165) is 6.20 Å². The van der Waals surface area contributed by atoms with Crippen molar-refractivity contribution in [1.29, 1.82) is 0 Å². The standard InChI is InChI=1S/C7H7F3IN3/c8-7(9,10)5(12)3-1-4(11)6(13)14-2-3/h1-2,5H,12H2,(H2,13,14). The maximum absolute atomic E-state index is 12.2. The molecule has 14 heavy (non-hydrogen) atoms. The van der Waals surface area contributed by atoms with Crippen LogP contribution in [-0.2, 0) is 0 Å². The van der Waals surface area contributed by atoms with Crippen molar-refractivity contribution in [2.45, 2.75) is 12.2 Å². The van der Waals surface area contributed by atoms with Gasteiger partial charge < -0.3 is 11.5 Å². The van der Waals surface area contributed by atoms with Crippen LogP contribution in [0.1, 0.15) is 11.6 Å². The average Bonchev–Trinajstić information content (AvgIpc) is 2.07. The van der Waals surface area contributed by atoms with Gasteiger partial charge in [-0.05, 0) is 34.2 Å². The van der Waals surface area contributed by atoms with Crippen molar-refractivity contribution in [3.8, 4) is 0 Å². The molecule has 1 heterocycles. The molecule has 4 N–H and O–H groups in total. The lowest BCUT2D eigenvalue weighted by Crippen LogP contribution is -2.28. The first kappa shape index (κ1) is 11.5. The topological polar surface area (TPSA) is 64.9 Å². The van der Waals surface area contributed by atoms with Crippen LogP contribution in [0.25, 0.3) is 0 Å². The first-order chi connectivity index (χ1) is 6.32. The Hall–Kier alpha value is -0.570. The van der Waals surface area contributed by atoms with E-state index in [1.165, 1.54) is 6.07 Å². The minimum atomic E-state index is -4.46. The van der Waals surface area contributed by atoms with Gasteiger partial charge in [0.1, 0.15) is 11.9 Å². The summed E-state index contributed by atoms with van der Waals surface area (Å²) in [7, 11) is 0. The quantitative estimate of drug-likeness (QED) is 0.777. The first-order valence-electron chi connectivity index (χ1n) is 3.55. The van der Waals surface area contributed by atoms with Gasteiger partial charge in [0.25, 0.3) is 0 Å². The third-order valence-electron chi connectivity index (χ3n) is 1.60. The number of hydrogen-bond donors (Lipinski definition) is 2. The molecule has 1 atom stereocenters. The predicted molar refractivity (Wildman–Crippen MR) is 54.3 cm³/mol. The van der Waals surface area contributed by atoms with Gasteiger partial charge in [0.15, 0.2) is 0 Å². The Labute approximate surface area is 91.8 Å². The molecule has 1 unspecified atom stereocenters. The molecule has 0 aromatic carbocycles. The number of hydrogen-bond acceptors (Lipinski definition) is 3. The summed E-state index contributed by atoms with van der Waals surface area (Å²) in [5.74, 6) is 0.198. The summed E-state index contributed by atoms with van der Waals surface area (Å²) >= 11 is 1.80. The number of pyridine rings is 1. The lowest BCUT2D eigenvalue weighted by Gasteiger charge is -2.15. The molecular weight excluding hydrogens is 310 g/mol. The van der Waals surface area contributed by atoms with Crippen molar-refractivity contribution in [2.24, 2.45) is 5.73 Å². The Kier molecular flexibility index (Phi) is 3.20. The Morgan fingerprint density at radius 1 is 1.43 bits per heavy atom. The van der Waals surface area contributed by atoms with Gasteiger partial charge in [-0.3, -0.25) is 0 Å². The number of nitrogens with zero attached hydrogens (tertiary/aromatic N) is 1. The zero-order valence-corrected chi connectivity index (χ0v) is 9.00. The van der Waals surface area contributed by atoms with Crippen LogP contribution in [0.15, 0.2) is 12.3 Å². The number of nitrogens with two attached hydrogens (primary N) is 2. The molecule has 7 heteroatoms. The number of halogens is 4. The molecule has 0 aliphatic heterocycles. The molecule has 0 saturated carbocycles. The molecule has 0 amide bonds. The molecule has 1 aromatic heterocycles. The molecule has 3 nitrogen and oxygen atoms in total. The smallest absolute Gasteiger partial charge is 0.383 e. The summed E-state index contributed by atoms with van der Waals surface area (Å²) in [6, 6.07) is -0.731. The zero-order chi connectivity index (χ0) is 10.9. The number of rotatable bonds is 1. The largest absolute Gasteiger partial charge is 0.407 e. The Bertz CT molecular complexity index is 339. The van der Waals surface area contributed by atoms with Crippen molar-refractivity contribution < 1.29 is 13.2 Å². The molecular formula is C7H7F3IN3. The van der Waals surface area contributed by atoms with Crippen LogP contribution in [0.2, 0.25) is 0 Å². The lowest BCUT2D eigenvalue weighted by atomic mass is 10.1. The van der Waals surface area contributed by atoms with Crippen LogP contribution in [0.4, 0.5) is 19.0 Å². The third kappa shape index (κ3) is 2.47. The molecule has 0 spiro atoms. The maximum Gasteiger partial charge on any atom is 0.407 e. The number of aromatic nitrogens is 1. The van der Waals surface area contributed by atoms with E-state index in [1.54, 1.807) is 22.6 Å². The van der Waals surface area contributed by atoms with Crippen LogP contribution in [-0.4, -0.2) is 11.2 Å². The fourth-order valence-electron chi connectivity index (χ4n) is 0.822. The minimum absolute atomic E-state index is 0.0869. The molecule has 0 saturated heterocycles. The van der Waals surface area contributed by atoms with Crippen molar-refractivity contribution >= 4 is 28.4 Å². The normalized spacial score (nSPS) is 14.1. The molecule has 0 aliphatic rings. The average molecular weight is 317 g/mol. The zero-order valence-electron chi connectivity index (χ0n) is 6.85. The summed E-state index contributed by atoms with van der Waals surface area (Å²) in [6.07, 6.45) is -3.42. The van der Waals surface area contributed by atoms with E-state index in [0.29, 0.717) is 3.57 Å². The highest BCUT2D eigenvalue weighted by atomic mass is 127. The Balaban J connectivity index is 3.03. The van der Waals surface area contributed by atoms with Gasteiger partial charge in [-0.15, -0.1) is 0 Å². The van der Waals surface area contributed by atoms with Gasteiger partial charge in [0.2, 0.25) is 0 Å². The summed E-state index contributed by atoms with van der Waals surface area (Å²) in [5, 5.41) is 0. The summed E-state index contributed by atoms with van der Waals surface area (Å²) in [4.78, 5) is 3.60. The fraction of sp³-hybridized carbons (Fsp3) is 0.286. The van der Waals surface area contributed by atoms with Gasteiger partial charge in [-0.2, -0.15) is 13.2 Å². The minimum Gasteiger partial charge on any atom is -0.383 e. The molecule has 1 rings (SSSR count). The molecule has 0 radical (unpaired) electrons. The van der Waals surface area contributed by atoms with E-state index in [-0.39, 0.29) is 11.4 Å². The van der Waals surface area contributed by atoms with E-state index >= 15 is 0 Å². The molecule has 0 fully saturated rings. The summed E-state index contributed by atoms with van der Waals surface area (Å²) in [5.41, 5.74) is 10.3. The highest BCUT2D eigenvalue weighted by Gasteiger charge is 2.38. The lowest BCUT2D eigenvalue weighted by molar-refractivity contribution is -0.149. The van der Waals surface area contributed by atoms with Crippen LogP contribution < -0.4 is 11.5 Å². The molecule has 1 aromatic rings. The summed E-state index contributed by atoms with van der Waals surface area (Å²) in [6.45, 7) is 0. The first-order valence-corrected chi connectivity index (χ1v) is 4.63. The van der Waals surface area contributed by atoms with E-state index in [4.69, 9.17) is 11.5 Å². The van der Waals surface area contributed by atoms with Gasteiger partial charge in [0, 0.05) is 6.20 Å². The second-order valence-electron chi connectivity index (χ2n) is 2.65. The van der Waals surface area contributed by atoms with E-state index in [9.17, 15) is 13.2 Å². The van der Waals surface area contributed by atoms with Gasteiger partial charge >= 0.3 is 6.18 Å². The highest BCUT2D eigenvalue weighted by Crippen LogP contribution is 2.31. The van der Waals surface area contributed by atoms with Crippen molar-refractivity contribution in [3.63, 3.8) is 0 Å². The van der Waals surface area contributed by atoms with E-state index < -0.39 is 12.2 Å².